The molecule has 0 atom stereocenters. The second kappa shape index (κ2) is 6.28. The summed E-state index contributed by atoms with van der Waals surface area (Å²) >= 11 is 0. The molecule has 0 heterocycles. The Hall–Kier alpha value is -1.56. The molecule has 0 N–H and O–H groups in total. The molecule has 0 unspecified atom stereocenters. The molecule has 2 rings (SSSR count). The van der Waals surface area contributed by atoms with Crippen molar-refractivity contribution in [2.45, 2.75) is 65.2 Å². The van der Waals surface area contributed by atoms with Crippen LogP contribution in [-0.4, -0.2) is 0 Å². The Kier molecular flexibility index (Phi) is 4.80. The van der Waals surface area contributed by atoms with Gasteiger partial charge in [-0.2, -0.15) is 0 Å². The molecule has 0 bridgehead atoms. The van der Waals surface area contributed by atoms with E-state index in [4.69, 9.17) is 0 Å². The second-order valence-corrected chi connectivity index (χ2v) is 8.39. The first kappa shape index (κ1) is 16.8. The van der Waals surface area contributed by atoms with Gasteiger partial charge in [0.05, 0.1) is 0 Å². The average Bonchev–Trinajstić information content (AvgIpc) is 2.44. The van der Waals surface area contributed by atoms with Crippen LogP contribution in [0.1, 0.15) is 63.8 Å². The van der Waals surface area contributed by atoms with Crippen LogP contribution >= 0.6 is 0 Å². The van der Waals surface area contributed by atoms with Crippen molar-refractivity contribution < 1.29 is 0 Å². The van der Waals surface area contributed by atoms with Crippen LogP contribution in [-0.2, 0) is 23.7 Å². The van der Waals surface area contributed by atoms with Gasteiger partial charge in [0.1, 0.15) is 0 Å². The summed E-state index contributed by atoms with van der Waals surface area (Å²) in [6.07, 6.45) is 2.22. The van der Waals surface area contributed by atoms with Gasteiger partial charge < -0.3 is 0 Å². The normalized spacial score (nSPS) is 12.5. The van der Waals surface area contributed by atoms with Crippen molar-refractivity contribution in [2.24, 2.45) is 0 Å². The van der Waals surface area contributed by atoms with E-state index in [0.29, 0.717) is 0 Å². The maximum atomic E-state index is 2.28. The van der Waals surface area contributed by atoms with Crippen molar-refractivity contribution in [1.29, 1.82) is 0 Å². The fourth-order valence-electron chi connectivity index (χ4n) is 2.63. The van der Waals surface area contributed by atoms with Crippen molar-refractivity contribution in [3.8, 4) is 0 Å². The zero-order valence-electron chi connectivity index (χ0n) is 15.0. The van der Waals surface area contributed by atoms with E-state index in [1.54, 1.807) is 0 Å². The third-order valence-corrected chi connectivity index (χ3v) is 4.34. The predicted molar refractivity (Wildman–Crippen MR) is 97.7 cm³/mol. The van der Waals surface area contributed by atoms with Gasteiger partial charge in [0.25, 0.3) is 0 Å². The molecule has 0 fully saturated rings. The molecule has 0 amide bonds. The van der Waals surface area contributed by atoms with E-state index in [0.717, 1.165) is 12.8 Å². The van der Waals surface area contributed by atoms with Gasteiger partial charge in [0, 0.05) is 0 Å². The highest BCUT2D eigenvalue weighted by molar-refractivity contribution is 5.30. The minimum atomic E-state index is 0.237. The number of benzene rings is 2. The summed E-state index contributed by atoms with van der Waals surface area (Å²) in [5.74, 6) is 0. The number of aryl methyl sites for hydroxylation is 2. The minimum absolute atomic E-state index is 0.237. The van der Waals surface area contributed by atoms with Gasteiger partial charge in [-0.15, -0.1) is 0 Å². The Labute approximate surface area is 136 Å². The average molecular weight is 294 g/mol. The minimum Gasteiger partial charge on any atom is -0.0587 e. The maximum absolute atomic E-state index is 2.28. The van der Waals surface area contributed by atoms with E-state index < -0.39 is 0 Å². The molecule has 22 heavy (non-hydrogen) atoms. The Morgan fingerprint density at radius 1 is 0.500 bits per heavy atom. The van der Waals surface area contributed by atoms with Crippen molar-refractivity contribution in [1.82, 2.24) is 0 Å². The molecule has 0 spiro atoms. The fraction of sp³-hybridized carbons (Fsp3) is 0.455. The Balaban J connectivity index is 1.98. The van der Waals surface area contributed by atoms with E-state index >= 15 is 0 Å². The highest BCUT2D eigenvalue weighted by Gasteiger charge is 2.13. The summed E-state index contributed by atoms with van der Waals surface area (Å²) < 4.78 is 0. The molecule has 2 aromatic rings. The lowest BCUT2D eigenvalue weighted by molar-refractivity contribution is 0.589. The highest BCUT2D eigenvalue weighted by atomic mass is 14.2. The van der Waals surface area contributed by atoms with Crippen LogP contribution in [0.3, 0.4) is 0 Å². The van der Waals surface area contributed by atoms with Gasteiger partial charge in [0.2, 0.25) is 0 Å². The van der Waals surface area contributed by atoms with E-state index in [2.05, 4.69) is 90.1 Å². The Bertz CT molecular complexity index is 529. The molecular weight excluding hydrogens is 264 g/mol. The molecule has 0 saturated heterocycles. The lowest BCUT2D eigenvalue weighted by Crippen LogP contribution is -2.11. The zero-order valence-corrected chi connectivity index (χ0v) is 15.0. The van der Waals surface area contributed by atoms with Crippen LogP contribution in [0.15, 0.2) is 48.5 Å². The SMILES string of the molecule is CC(C)(C)c1ccc(CCc2ccc(C(C)(C)C)cc2)cc1. The predicted octanol–water partition coefficient (Wildman–Crippen LogP) is 6.07. The third kappa shape index (κ3) is 4.47. The summed E-state index contributed by atoms with van der Waals surface area (Å²) in [4.78, 5) is 0. The van der Waals surface area contributed by atoms with E-state index in [1.165, 1.54) is 22.3 Å². The first-order valence-corrected chi connectivity index (χ1v) is 8.35. The smallest absolute Gasteiger partial charge is 0.0132 e. The monoisotopic (exact) mass is 294 g/mol. The summed E-state index contributed by atoms with van der Waals surface area (Å²) in [7, 11) is 0. The molecule has 0 aliphatic rings. The van der Waals surface area contributed by atoms with Gasteiger partial charge in [-0.25, -0.2) is 0 Å². The largest absolute Gasteiger partial charge is 0.0587 e. The second-order valence-electron chi connectivity index (χ2n) is 8.39. The molecule has 0 radical (unpaired) electrons. The van der Waals surface area contributed by atoms with Crippen molar-refractivity contribution in [2.75, 3.05) is 0 Å². The highest BCUT2D eigenvalue weighted by Crippen LogP contribution is 2.24. The van der Waals surface area contributed by atoms with Crippen molar-refractivity contribution in [3.63, 3.8) is 0 Å². The van der Waals surface area contributed by atoms with Crippen LogP contribution in [0, 0.1) is 0 Å². The lowest BCUT2D eigenvalue weighted by atomic mass is 9.86. The molecule has 2 aromatic carbocycles. The van der Waals surface area contributed by atoms with E-state index in [9.17, 15) is 0 Å². The van der Waals surface area contributed by atoms with Crippen LogP contribution in [0.4, 0.5) is 0 Å². The summed E-state index contributed by atoms with van der Waals surface area (Å²) in [5.41, 5.74) is 6.14. The van der Waals surface area contributed by atoms with Crippen LogP contribution < -0.4 is 0 Å². The molecule has 0 aliphatic carbocycles. The third-order valence-electron chi connectivity index (χ3n) is 4.34. The van der Waals surface area contributed by atoms with Gasteiger partial charge in [-0.1, -0.05) is 90.1 Å². The van der Waals surface area contributed by atoms with Crippen LogP contribution in [0.25, 0.3) is 0 Å². The summed E-state index contributed by atoms with van der Waals surface area (Å²) in [6, 6.07) is 18.2. The quantitative estimate of drug-likeness (QED) is 0.644. The van der Waals surface area contributed by atoms with Crippen molar-refractivity contribution >= 4 is 0 Å². The Morgan fingerprint density at radius 2 is 0.773 bits per heavy atom. The summed E-state index contributed by atoms with van der Waals surface area (Å²) in [5, 5.41) is 0. The maximum Gasteiger partial charge on any atom is -0.0132 e. The number of rotatable bonds is 3. The number of hydrogen-bond donors (Lipinski definition) is 0. The first-order valence-electron chi connectivity index (χ1n) is 8.35. The van der Waals surface area contributed by atoms with Gasteiger partial charge in [-0.05, 0) is 45.9 Å². The summed E-state index contributed by atoms with van der Waals surface area (Å²) in [6.45, 7) is 13.6. The van der Waals surface area contributed by atoms with E-state index in [-0.39, 0.29) is 10.8 Å². The van der Waals surface area contributed by atoms with Crippen molar-refractivity contribution in [3.05, 3.63) is 70.8 Å². The zero-order chi connectivity index (χ0) is 16.4. The van der Waals surface area contributed by atoms with E-state index in [1.807, 2.05) is 0 Å². The first-order chi connectivity index (χ1) is 10.2. The lowest BCUT2D eigenvalue weighted by Gasteiger charge is -2.19. The van der Waals surface area contributed by atoms with Gasteiger partial charge in [-0.3, -0.25) is 0 Å². The van der Waals surface area contributed by atoms with Crippen LogP contribution in [0.5, 0.6) is 0 Å². The molecule has 0 heteroatoms. The molecule has 0 saturated carbocycles. The molecule has 0 aromatic heterocycles. The fourth-order valence-corrected chi connectivity index (χ4v) is 2.63. The number of hydrogen-bond acceptors (Lipinski definition) is 0. The molecule has 118 valence electrons. The standard InChI is InChI=1S/C22H30/c1-21(2,3)19-13-9-17(10-14-19)7-8-18-11-15-20(16-12-18)22(4,5)6/h9-16H,7-8H2,1-6H3. The molecular formula is C22H30. The topological polar surface area (TPSA) is 0 Å². The molecule has 0 aliphatic heterocycles. The van der Waals surface area contributed by atoms with Gasteiger partial charge >= 0.3 is 0 Å². The van der Waals surface area contributed by atoms with Crippen LogP contribution in [0.2, 0.25) is 0 Å². The molecule has 0 nitrogen and oxygen atoms in total. The van der Waals surface area contributed by atoms with Gasteiger partial charge in [0.15, 0.2) is 0 Å². The Morgan fingerprint density at radius 3 is 1.00 bits per heavy atom.